The highest BCUT2D eigenvalue weighted by molar-refractivity contribution is 5.82. The number of ether oxygens (including phenoxy) is 2. The summed E-state index contributed by atoms with van der Waals surface area (Å²) in [6.45, 7) is 2.96. The van der Waals surface area contributed by atoms with E-state index in [4.69, 9.17) is 14.7 Å². The summed E-state index contributed by atoms with van der Waals surface area (Å²) in [5.41, 5.74) is 2.01. The van der Waals surface area contributed by atoms with Gasteiger partial charge in [0.1, 0.15) is 6.61 Å². The second kappa shape index (κ2) is 8.03. The maximum absolute atomic E-state index is 8.65. The normalized spacial score (nSPS) is 10.7. The standard InChI is InChI=1S/C22H19NO2/c1-2-24-22-15-17(6-5-13-23)10-12-21(22)25-16-18-9-11-19-7-3-4-8-20(19)14-18/h3-12,14-15H,2,16H2,1H3/b6-5+. The van der Waals surface area contributed by atoms with Gasteiger partial charge in [-0.2, -0.15) is 5.26 Å². The lowest BCUT2D eigenvalue weighted by atomic mass is 10.1. The lowest BCUT2D eigenvalue weighted by Gasteiger charge is -2.13. The van der Waals surface area contributed by atoms with E-state index >= 15 is 0 Å². The Morgan fingerprint density at radius 2 is 1.76 bits per heavy atom. The molecule has 0 amide bonds. The number of allylic oxidation sites excluding steroid dienone is 1. The van der Waals surface area contributed by atoms with Crippen LogP contribution in [0, 0.1) is 11.3 Å². The van der Waals surface area contributed by atoms with Crippen LogP contribution in [0.3, 0.4) is 0 Å². The number of nitrogens with zero attached hydrogens (tertiary/aromatic N) is 1. The van der Waals surface area contributed by atoms with Crippen LogP contribution in [0.15, 0.2) is 66.7 Å². The molecule has 0 saturated carbocycles. The SMILES string of the molecule is CCOc1cc(/C=C/C#N)ccc1OCc1ccc2ccccc2c1. The molecule has 0 aliphatic heterocycles. The second-order valence-corrected chi connectivity index (χ2v) is 5.57. The van der Waals surface area contributed by atoms with Gasteiger partial charge >= 0.3 is 0 Å². The lowest BCUT2D eigenvalue weighted by molar-refractivity contribution is 0.269. The summed E-state index contributed by atoms with van der Waals surface area (Å²) in [4.78, 5) is 0. The maximum Gasteiger partial charge on any atom is 0.161 e. The molecule has 3 aromatic rings. The average Bonchev–Trinajstić information content (AvgIpc) is 2.65. The monoisotopic (exact) mass is 329 g/mol. The number of rotatable bonds is 6. The van der Waals surface area contributed by atoms with Crippen molar-refractivity contribution < 1.29 is 9.47 Å². The predicted molar refractivity (Wildman–Crippen MR) is 101 cm³/mol. The van der Waals surface area contributed by atoms with E-state index in [1.807, 2.05) is 43.3 Å². The van der Waals surface area contributed by atoms with Crippen LogP contribution in [0.4, 0.5) is 0 Å². The van der Waals surface area contributed by atoms with Crippen molar-refractivity contribution in [1.82, 2.24) is 0 Å². The van der Waals surface area contributed by atoms with Gasteiger partial charge in [0.2, 0.25) is 0 Å². The van der Waals surface area contributed by atoms with Crippen LogP contribution >= 0.6 is 0 Å². The van der Waals surface area contributed by atoms with Crippen LogP contribution in [0.2, 0.25) is 0 Å². The van der Waals surface area contributed by atoms with Crippen LogP contribution in [0.5, 0.6) is 11.5 Å². The van der Waals surface area contributed by atoms with E-state index in [0.717, 1.165) is 11.1 Å². The predicted octanol–water partition coefficient (Wildman–Crippen LogP) is 5.35. The average molecular weight is 329 g/mol. The van der Waals surface area contributed by atoms with Crippen LogP contribution in [0.1, 0.15) is 18.1 Å². The van der Waals surface area contributed by atoms with Crippen LogP contribution in [-0.4, -0.2) is 6.61 Å². The molecule has 3 rings (SSSR count). The maximum atomic E-state index is 8.65. The molecule has 25 heavy (non-hydrogen) atoms. The fraction of sp³-hybridized carbons (Fsp3) is 0.136. The van der Waals surface area contributed by atoms with Gasteiger partial charge in [-0.3, -0.25) is 0 Å². The first-order valence-electron chi connectivity index (χ1n) is 8.23. The molecule has 3 heteroatoms. The molecule has 0 unspecified atom stereocenters. The Labute approximate surface area is 147 Å². The number of hydrogen-bond acceptors (Lipinski definition) is 3. The van der Waals surface area contributed by atoms with Crippen molar-refractivity contribution >= 4 is 16.8 Å². The molecule has 0 aliphatic rings. The van der Waals surface area contributed by atoms with E-state index in [1.165, 1.54) is 16.8 Å². The van der Waals surface area contributed by atoms with Gasteiger partial charge in [-0.15, -0.1) is 0 Å². The van der Waals surface area contributed by atoms with Crippen molar-refractivity contribution in [3.63, 3.8) is 0 Å². The molecule has 0 aromatic heterocycles. The molecule has 0 spiro atoms. The third kappa shape index (κ3) is 4.19. The largest absolute Gasteiger partial charge is 0.490 e. The molecule has 0 aliphatic carbocycles. The van der Waals surface area contributed by atoms with Gasteiger partial charge in [-0.1, -0.05) is 42.5 Å². The highest BCUT2D eigenvalue weighted by Gasteiger charge is 2.06. The smallest absolute Gasteiger partial charge is 0.161 e. The van der Waals surface area contributed by atoms with Gasteiger partial charge in [0.15, 0.2) is 11.5 Å². The number of nitriles is 1. The number of fused-ring (bicyclic) bond motifs is 1. The summed E-state index contributed by atoms with van der Waals surface area (Å²) in [5.74, 6) is 1.38. The van der Waals surface area contributed by atoms with E-state index in [1.54, 1.807) is 6.08 Å². The zero-order valence-corrected chi connectivity index (χ0v) is 14.1. The van der Waals surface area contributed by atoms with Crippen LogP contribution in [0.25, 0.3) is 16.8 Å². The number of benzene rings is 3. The fourth-order valence-corrected chi connectivity index (χ4v) is 2.64. The molecular formula is C22H19NO2. The highest BCUT2D eigenvalue weighted by atomic mass is 16.5. The Hall–Kier alpha value is -3.25. The first-order chi connectivity index (χ1) is 12.3. The number of hydrogen-bond donors (Lipinski definition) is 0. The van der Waals surface area contributed by atoms with Crippen molar-refractivity contribution in [2.75, 3.05) is 6.61 Å². The second-order valence-electron chi connectivity index (χ2n) is 5.57. The first kappa shape index (κ1) is 16.6. The van der Waals surface area contributed by atoms with Gasteiger partial charge in [0.25, 0.3) is 0 Å². The van der Waals surface area contributed by atoms with Gasteiger partial charge in [-0.05, 0) is 53.1 Å². The van der Waals surface area contributed by atoms with E-state index in [9.17, 15) is 0 Å². The van der Waals surface area contributed by atoms with E-state index in [-0.39, 0.29) is 0 Å². The van der Waals surface area contributed by atoms with Gasteiger partial charge in [-0.25, -0.2) is 0 Å². The minimum atomic E-state index is 0.471. The van der Waals surface area contributed by atoms with Crippen LogP contribution in [-0.2, 0) is 6.61 Å². The zero-order chi connectivity index (χ0) is 17.5. The molecule has 3 nitrogen and oxygen atoms in total. The van der Waals surface area contributed by atoms with Crippen molar-refractivity contribution in [2.45, 2.75) is 13.5 Å². The van der Waals surface area contributed by atoms with Gasteiger partial charge in [0, 0.05) is 6.08 Å². The van der Waals surface area contributed by atoms with Crippen molar-refractivity contribution in [1.29, 1.82) is 5.26 Å². The molecule has 0 N–H and O–H groups in total. The molecule has 0 radical (unpaired) electrons. The molecule has 0 bridgehead atoms. The molecule has 124 valence electrons. The van der Waals surface area contributed by atoms with Crippen LogP contribution < -0.4 is 9.47 Å². The first-order valence-corrected chi connectivity index (χ1v) is 8.23. The minimum Gasteiger partial charge on any atom is -0.490 e. The molecular weight excluding hydrogens is 310 g/mol. The Morgan fingerprint density at radius 3 is 2.56 bits per heavy atom. The zero-order valence-electron chi connectivity index (χ0n) is 14.1. The summed E-state index contributed by atoms with van der Waals surface area (Å²) < 4.78 is 11.6. The molecule has 3 aromatic carbocycles. The Balaban J connectivity index is 1.78. The van der Waals surface area contributed by atoms with E-state index in [2.05, 4.69) is 30.3 Å². The molecule has 0 heterocycles. The minimum absolute atomic E-state index is 0.471. The fourth-order valence-electron chi connectivity index (χ4n) is 2.64. The third-order valence-corrected chi connectivity index (χ3v) is 3.83. The topological polar surface area (TPSA) is 42.2 Å². The Bertz CT molecular complexity index is 938. The quantitative estimate of drug-likeness (QED) is 0.572. The summed E-state index contributed by atoms with van der Waals surface area (Å²) >= 11 is 0. The van der Waals surface area contributed by atoms with Gasteiger partial charge < -0.3 is 9.47 Å². The Kier molecular flexibility index (Phi) is 5.33. The summed E-state index contributed by atoms with van der Waals surface area (Å²) in [7, 11) is 0. The molecule has 0 saturated heterocycles. The molecule has 0 fully saturated rings. The van der Waals surface area contributed by atoms with Crippen molar-refractivity contribution in [3.05, 3.63) is 77.9 Å². The molecule has 0 atom stereocenters. The summed E-state index contributed by atoms with van der Waals surface area (Å²) in [5, 5.41) is 11.1. The lowest BCUT2D eigenvalue weighted by Crippen LogP contribution is -2.00. The van der Waals surface area contributed by atoms with E-state index in [0.29, 0.717) is 24.7 Å². The van der Waals surface area contributed by atoms with Gasteiger partial charge in [0.05, 0.1) is 12.7 Å². The third-order valence-electron chi connectivity index (χ3n) is 3.83. The summed E-state index contributed by atoms with van der Waals surface area (Å²) in [6.07, 6.45) is 3.19. The van der Waals surface area contributed by atoms with Crippen molar-refractivity contribution in [3.8, 4) is 17.6 Å². The van der Waals surface area contributed by atoms with Crippen molar-refractivity contribution in [2.24, 2.45) is 0 Å². The van der Waals surface area contributed by atoms with E-state index < -0.39 is 0 Å². The Morgan fingerprint density at radius 1 is 0.920 bits per heavy atom. The summed E-state index contributed by atoms with van der Waals surface area (Å²) in [6, 6.07) is 22.2. The highest BCUT2D eigenvalue weighted by Crippen LogP contribution is 2.30.